The molecule has 21 heavy (non-hydrogen) atoms. The van der Waals surface area contributed by atoms with E-state index in [1.54, 1.807) is 6.07 Å². The second kappa shape index (κ2) is 6.92. The number of carbonyl (C=O) groups is 2. The van der Waals surface area contributed by atoms with Gasteiger partial charge in [-0.1, -0.05) is 22.9 Å². The van der Waals surface area contributed by atoms with Crippen LogP contribution in [0.2, 0.25) is 0 Å². The number of halogens is 2. The Morgan fingerprint density at radius 2 is 1.81 bits per heavy atom. The summed E-state index contributed by atoms with van der Waals surface area (Å²) in [7, 11) is 0. The van der Waals surface area contributed by atoms with Gasteiger partial charge in [0.25, 0.3) is 0 Å². The Kier molecular flexibility index (Phi) is 5.43. The fraction of sp³-hybridized carbons (Fsp3) is 0.467. The van der Waals surface area contributed by atoms with Gasteiger partial charge in [0.15, 0.2) is 0 Å². The number of anilines is 1. The van der Waals surface area contributed by atoms with Crippen molar-refractivity contribution in [2.75, 3.05) is 5.32 Å². The number of carbonyl (C=O) groups excluding carboxylic acids is 1. The third kappa shape index (κ3) is 4.07. The van der Waals surface area contributed by atoms with Gasteiger partial charge in [-0.05, 0) is 59.7 Å². The van der Waals surface area contributed by atoms with Crippen molar-refractivity contribution >= 4 is 49.4 Å². The largest absolute Gasteiger partial charge is 0.478 e. The summed E-state index contributed by atoms with van der Waals surface area (Å²) in [5.41, 5.74) is 0.406. The zero-order chi connectivity index (χ0) is 15.6. The molecule has 0 bridgehead atoms. The third-order valence-electron chi connectivity index (χ3n) is 3.92. The lowest BCUT2D eigenvalue weighted by Crippen LogP contribution is -2.27. The molecule has 2 N–H and O–H groups in total. The maximum absolute atomic E-state index is 12.3. The number of carboxylic acid groups (broad SMARTS) is 1. The SMILES string of the molecule is CC1CCC(C(=O)Nc2c(Br)cc(Br)cc2C(=O)O)CC1. The molecule has 4 nitrogen and oxygen atoms in total. The molecule has 1 amide bonds. The van der Waals surface area contributed by atoms with Crippen molar-refractivity contribution in [2.24, 2.45) is 11.8 Å². The molecule has 0 unspecified atom stereocenters. The molecule has 1 aromatic carbocycles. The average Bonchev–Trinajstić information content (AvgIpc) is 2.41. The molecule has 1 aromatic rings. The highest BCUT2D eigenvalue weighted by molar-refractivity contribution is 9.11. The van der Waals surface area contributed by atoms with Crippen LogP contribution >= 0.6 is 31.9 Å². The number of rotatable bonds is 3. The summed E-state index contributed by atoms with van der Waals surface area (Å²) in [5, 5.41) is 12.1. The first-order chi connectivity index (χ1) is 9.88. The predicted octanol–water partition coefficient (Wildman–Crippen LogP) is 4.67. The Morgan fingerprint density at radius 3 is 2.38 bits per heavy atom. The van der Waals surface area contributed by atoms with Crippen LogP contribution in [0.3, 0.4) is 0 Å². The lowest BCUT2D eigenvalue weighted by atomic mass is 9.82. The number of hydrogen-bond donors (Lipinski definition) is 2. The summed E-state index contributed by atoms with van der Waals surface area (Å²) >= 11 is 6.58. The monoisotopic (exact) mass is 417 g/mol. The molecule has 0 atom stereocenters. The number of carboxylic acids is 1. The number of hydrogen-bond acceptors (Lipinski definition) is 2. The highest BCUT2D eigenvalue weighted by atomic mass is 79.9. The highest BCUT2D eigenvalue weighted by Crippen LogP contribution is 2.33. The van der Waals surface area contributed by atoms with Gasteiger partial charge >= 0.3 is 5.97 Å². The second-order valence-corrected chi connectivity index (χ2v) is 7.33. The van der Waals surface area contributed by atoms with Crippen LogP contribution in [-0.4, -0.2) is 17.0 Å². The Morgan fingerprint density at radius 1 is 1.19 bits per heavy atom. The molecule has 1 fully saturated rings. The van der Waals surface area contributed by atoms with Gasteiger partial charge in [0.2, 0.25) is 5.91 Å². The van der Waals surface area contributed by atoms with Gasteiger partial charge < -0.3 is 10.4 Å². The minimum Gasteiger partial charge on any atom is -0.478 e. The maximum atomic E-state index is 12.3. The highest BCUT2D eigenvalue weighted by Gasteiger charge is 2.26. The topological polar surface area (TPSA) is 66.4 Å². The Balaban J connectivity index is 2.19. The van der Waals surface area contributed by atoms with E-state index in [1.165, 1.54) is 6.07 Å². The van der Waals surface area contributed by atoms with E-state index >= 15 is 0 Å². The number of nitrogens with one attached hydrogen (secondary N) is 1. The van der Waals surface area contributed by atoms with Crippen molar-refractivity contribution in [3.63, 3.8) is 0 Å². The summed E-state index contributed by atoms with van der Waals surface area (Å²) in [6, 6.07) is 3.22. The molecule has 0 aliphatic heterocycles. The first-order valence-electron chi connectivity index (χ1n) is 6.91. The van der Waals surface area contributed by atoms with E-state index in [4.69, 9.17) is 0 Å². The molecule has 0 aromatic heterocycles. The standard InChI is InChI=1S/C15H17Br2NO3/c1-8-2-4-9(5-3-8)14(19)18-13-11(15(20)21)6-10(16)7-12(13)17/h6-9H,2-5H2,1H3,(H,18,19)(H,20,21). The lowest BCUT2D eigenvalue weighted by Gasteiger charge is -2.25. The summed E-state index contributed by atoms with van der Waals surface area (Å²) in [4.78, 5) is 23.7. The molecule has 0 radical (unpaired) electrons. The van der Waals surface area contributed by atoms with Crippen LogP contribution in [0.4, 0.5) is 5.69 Å². The molecule has 0 saturated heterocycles. The zero-order valence-electron chi connectivity index (χ0n) is 11.7. The van der Waals surface area contributed by atoms with Crippen LogP contribution in [-0.2, 0) is 4.79 Å². The molecule has 0 heterocycles. The normalized spacial score (nSPS) is 21.9. The number of benzene rings is 1. The van der Waals surface area contributed by atoms with Gasteiger partial charge in [0.05, 0.1) is 11.3 Å². The van der Waals surface area contributed by atoms with Crippen LogP contribution in [0, 0.1) is 11.8 Å². The van der Waals surface area contributed by atoms with Gasteiger partial charge in [0, 0.05) is 14.9 Å². The average molecular weight is 419 g/mol. The van der Waals surface area contributed by atoms with Crippen molar-refractivity contribution in [2.45, 2.75) is 32.6 Å². The van der Waals surface area contributed by atoms with Crippen LogP contribution in [0.5, 0.6) is 0 Å². The molecular weight excluding hydrogens is 402 g/mol. The molecule has 2 rings (SSSR count). The Bertz CT molecular complexity index is 566. The third-order valence-corrected chi connectivity index (χ3v) is 5.00. The molecule has 1 saturated carbocycles. The van der Waals surface area contributed by atoms with Gasteiger partial charge in [-0.3, -0.25) is 4.79 Å². The molecule has 1 aliphatic carbocycles. The summed E-state index contributed by atoms with van der Waals surface area (Å²) in [6.07, 6.45) is 3.82. The molecule has 0 spiro atoms. The van der Waals surface area contributed by atoms with E-state index in [9.17, 15) is 14.7 Å². The van der Waals surface area contributed by atoms with Crippen LogP contribution in [0.1, 0.15) is 43.0 Å². The summed E-state index contributed by atoms with van der Waals surface area (Å²) < 4.78 is 1.21. The smallest absolute Gasteiger partial charge is 0.337 e. The molecule has 1 aliphatic rings. The summed E-state index contributed by atoms with van der Waals surface area (Å²) in [6.45, 7) is 2.20. The van der Waals surface area contributed by atoms with Crippen molar-refractivity contribution in [3.8, 4) is 0 Å². The van der Waals surface area contributed by atoms with Gasteiger partial charge in [0.1, 0.15) is 0 Å². The van der Waals surface area contributed by atoms with Gasteiger partial charge in [-0.2, -0.15) is 0 Å². The quantitative estimate of drug-likeness (QED) is 0.749. The Labute approximate surface area is 140 Å². The second-order valence-electron chi connectivity index (χ2n) is 5.56. The minimum atomic E-state index is -1.07. The first kappa shape index (κ1) is 16.5. The zero-order valence-corrected chi connectivity index (χ0v) is 14.8. The van der Waals surface area contributed by atoms with Gasteiger partial charge in [-0.15, -0.1) is 0 Å². The molecule has 6 heteroatoms. The van der Waals surface area contributed by atoms with Gasteiger partial charge in [-0.25, -0.2) is 4.79 Å². The van der Waals surface area contributed by atoms with Crippen molar-refractivity contribution in [1.82, 2.24) is 0 Å². The number of amides is 1. The van der Waals surface area contributed by atoms with E-state index in [0.29, 0.717) is 20.6 Å². The van der Waals surface area contributed by atoms with Crippen molar-refractivity contribution < 1.29 is 14.7 Å². The minimum absolute atomic E-state index is 0.0293. The van der Waals surface area contributed by atoms with Crippen molar-refractivity contribution in [1.29, 1.82) is 0 Å². The van der Waals surface area contributed by atoms with E-state index in [0.717, 1.165) is 25.7 Å². The lowest BCUT2D eigenvalue weighted by molar-refractivity contribution is -0.121. The van der Waals surface area contributed by atoms with Crippen LogP contribution in [0.25, 0.3) is 0 Å². The fourth-order valence-electron chi connectivity index (χ4n) is 2.62. The fourth-order valence-corrected chi connectivity index (χ4v) is 3.94. The summed E-state index contributed by atoms with van der Waals surface area (Å²) in [5.74, 6) is -0.515. The van der Waals surface area contributed by atoms with E-state index in [-0.39, 0.29) is 17.4 Å². The van der Waals surface area contributed by atoms with E-state index in [2.05, 4.69) is 44.1 Å². The van der Waals surface area contributed by atoms with Crippen LogP contribution in [0.15, 0.2) is 21.1 Å². The van der Waals surface area contributed by atoms with E-state index < -0.39 is 5.97 Å². The van der Waals surface area contributed by atoms with Crippen molar-refractivity contribution in [3.05, 3.63) is 26.6 Å². The van der Waals surface area contributed by atoms with E-state index in [1.807, 2.05) is 0 Å². The molecule has 114 valence electrons. The Hall–Kier alpha value is -0.880. The molecular formula is C15H17Br2NO3. The van der Waals surface area contributed by atoms with Crippen LogP contribution < -0.4 is 5.32 Å². The first-order valence-corrected chi connectivity index (χ1v) is 8.50. The predicted molar refractivity (Wildman–Crippen MR) is 88.6 cm³/mol. The number of aromatic carboxylic acids is 1. The maximum Gasteiger partial charge on any atom is 0.337 e.